The number of hydrogen-bond acceptors (Lipinski definition) is 4. The number of thioether (sulfide) groups is 1. The third-order valence-corrected chi connectivity index (χ3v) is 6.01. The molecule has 1 aromatic rings. The molecule has 1 unspecified atom stereocenters. The summed E-state index contributed by atoms with van der Waals surface area (Å²) in [6, 6.07) is 10.8. The lowest BCUT2D eigenvalue weighted by atomic mass is 9.80. The predicted molar refractivity (Wildman–Crippen MR) is 102 cm³/mol. The maximum absolute atomic E-state index is 12.9. The second kappa shape index (κ2) is 9.47. The van der Waals surface area contributed by atoms with Crippen molar-refractivity contribution in [2.45, 2.75) is 58.0 Å². The lowest BCUT2D eigenvalue weighted by Gasteiger charge is -2.40. The molecule has 1 atom stereocenters. The fraction of sp³-hybridized carbons (Fsp3) is 0.650. The SMILES string of the molecule is CCOC(=O)C(CCc1ccccc1)(NC1CCSCC1)C(C)C. The summed E-state index contributed by atoms with van der Waals surface area (Å²) in [4.78, 5) is 12.9. The third-order valence-electron chi connectivity index (χ3n) is 4.96. The molecule has 4 heteroatoms. The summed E-state index contributed by atoms with van der Waals surface area (Å²) >= 11 is 2.01. The second-order valence-electron chi connectivity index (χ2n) is 6.86. The van der Waals surface area contributed by atoms with Crippen LogP contribution in [0.3, 0.4) is 0 Å². The maximum atomic E-state index is 12.9. The molecule has 1 heterocycles. The molecule has 0 radical (unpaired) electrons. The molecule has 24 heavy (non-hydrogen) atoms. The molecule has 1 N–H and O–H groups in total. The number of esters is 1. The van der Waals surface area contributed by atoms with Crippen molar-refractivity contribution >= 4 is 17.7 Å². The van der Waals surface area contributed by atoms with Crippen molar-refractivity contribution in [1.82, 2.24) is 5.32 Å². The van der Waals surface area contributed by atoms with Gasteiger partial charge in [-0.3, -0.25) is 10.1 Å². The molecular formula is C20H31NO2S. The fourth-order valence-electron chi connectivity index (χ4n) is 3.38. The first-order valence-corrected chi connectivity index (χ1v) is 10.3. The van der Waals surface area contributed by atoms with Gasteiger partial charge in [-0.1, -0.05) is 44.2 Å². The highest BCUT2D eigenvalue weighted by atomic mass is 32.2. The van der Waals surface area contributed by atoms with Gasteiger partial charge in [-0.15, -0.1) is 0 Å². The van der Waals surface area contributed by atoms with Gasteiger partial charge >= 0.3 is 5.97 Å². The van der Waals surface area contributed by atoms with Gasteiger partial charge in [0.15, 0.2) is 0 Å². The number of aryl methyl sites for hydroxylation is 1. The second-order valence-corrected chi connectivity index (χ2v) is 8.09. The number of carbonyl (C=O) groups excluding carboxylic acids is 1. The molecule has 1 aromatic carbocycles. The first kappa shape index (κ1) is 19.3. The molecule has 1 saturated heterocycles. The predicted octanol–water partition coefficient (Wildman–Crippen LogP) is 4.06. The van der Waals surface area contributed by atoms with Gasteiger partial charge < -0.3 is 4.74 Å². The van der Waals surface area contributed by atoms with E-state index in [0.29, 0.717) is 12.6 Å². The van der Waals surface area contributed by atoms with Crippen LogP contribution in [0.2, 0.25) is 0 Å². The maximum Gasteiger partial charge on any atom is 0.326 e. The average Bonchev–Trinajstić information content (AvgIpc) is 2.60. The monoisotopic (exact) mass is 349 g/mol. The zero-order chi connectivity index (χ0) is 17.4. The Bertz CT molecular complexity index is 500. The fourth-order valence-corrected chi connectivity index (χ4v) is 4.48. The Labute approximate surface area is 150 Å². The van der Waals surface area contributed by atoms with Gasteiger partial charge in [0.2, 0.25) is 0 Å². The largest absolute Gasteiger partial charge is 0.465 e. The highest BCUT2D eigenvalue weighted by Gasteiger charge is 2.44. The Balaban J connectivity index is 2.17. The molecule has 1 aliphatic heterocycles. The highest BCUT2D eigenvalue weighted by molar-refractivity contribution is 7.99. The summed E-state index contributed by atoms with van der Waals surface area (Å²) in [7, 11) is 0. The van der Waals surface area contributed by atoms with Crippen LogP contribution in [0, 0.1) is 5.92 Å². The molecule has 134 valence electrons. The molecule has 1 fully saturated rings. The number of ether oxygens (including phenoxy) is 1. The van der Waals surface area contributed by atoms with Crippen molar-refractivity contribution in [3.05, 3.63) is 35.9 Å². The molecule has 0 spiro atoms. The van der Waals surface area contributed by atoms with E-state index in [1.54, 1.807) is 0 Å². The van der Waals surface area contributed by atoms with E-state index in [1.165, 1.54) is 17.1 Å². The van der Waals surface area contributed by atoms with Crippen LogP contribution in [0.1, 0.15) is 45.6 Å². The van der Waals surface area contributed by atoms with Crippen LogP contribution in [-0.2, 0) is 16.0 Å². The molecule has 2 rings (SSSR count). The van der Waals surface area contributed by atoms with E-state index >= 15 is 0 Å². The zero-order valence-corrected chi connectivity index (χ0v) is 16.0. The van der Waals surface area contributed by atoms with E-state index in [4.69, 9.17) is 4.74 Å². The summed E-state index contributed by atoms with van der Waals surface area (Å²) in [5, 5.41) is 3.74. The van der Waals surface area contributed by atoms with E-state index in [0.717, 1.165) is 25.7 Å². The smallest absolute Gasteiger partial charge is 0.326 e. The van der Waals surface area contributed by atoms with Crippen molar-refractivity contribution in [3.8, 4) is 0 Å². The van der Waals surface area contributed by atoms with Crippen LogP contribution in [0.15, 0.2) is 30.3 Å². The summed E-state index contributed by atoms with van der Waals surface area (Å²) in [5.41, 5.74) is 0.672. The molecule has 1 aliphatic rings. The van der Waals surface area contributed by atoms with E-state index in [2.05, 4.69) is 43.4 Å². The first-order valence-electron chi connectivity index (χ1n) is 9.15. The van der Waals surface area contributed by atoms with Gasteiger partial charge in [-0.05, 0) is 55.6 Å². The molecule has 0 saturated carbocycles. The minimum Gasteiger partial charge on any atom is -0.465 e. The van der Waals surface area contributed by atoms with Crippen molar-refractivity contribution in [2.75, 3.05) is 18.1 Å². The van der Waals surface area contributed by atoms with Gasteiger partial charge in [0, 0.05) is 6.04 Å². The number of benzene rings is 1. The Kier molecular flexibility index (Phi) is 7.63. The lowest BCUT2D eigenvalue weighted by molar-refractivity contribution is -0.154. The van der Waals surface area contributed by atoms with Crippen LogP contribution in [0.25, 0.3) is 0 Å². The number of carbonyl (C=O) groups is 1. The van der Waals surface area contributed by atoms with Crippen LogP contribution in [-0.4, -0.2) is 35.7 Å². The summed E-state index contributed by atoms with van der Waals surface area (Å²) in [6.07, 6.45) is 3.91. The van der Waals surface area contributed by atoms with Gasteiger partial charge in [-0.25, -0.2) is 0 Å². The van der Waals surface area contributed by atoms with E-state index in [9.17, 15) is 4.79 Å². The quantitative estimate of drug-likeness (QED) is 0.718. The summed E-state index contributed by atoms with van der Waals surface area (Å²) in [6.45, 7) is 6.58. The minimum absolute atomic E-state index is 0.0887. The molecular weight excluding hydrogens is 318 g/mol. The number of hydrogen-bond donors (Lipinski definition) is 1. The third kappa shape index (κ3) is 5.00. The average molecular weight is 350 g/mol. The number of rotatable bonds is 8. The highest BCUT2D eigenvalue weighted by Crippen LogP contribution is 2.29. The minimum atomic E-state index is -0.599. The molecule has 0 aromatic heterocycles. The van der Waals surface area contributed by atoms with Crippen LogP contribution in [0.4, 0.5) is 0 Å². The van der Waals surface area contributed by atoms with Gasteiger partial charge in [0.25, 0.3) is 0 Å². The van der Waals surface area contributed by atoms with Crippen LogP contribution >= 0.6 is 11.8 Å². The standard InChI is InChI=1S/C20H31NO2S/c1-4-23-19(22)20(16(2)3,21-18-11-14-24-15-12-18)13-10-17-8-6-5-7-9-17/h5-9,16,18,21H,4,10-15H2,1-3H3. The van der Waals surface area contributed by atoms with E-state index < -0.39 is 5.54 Å². The van der Waals surface area contributed by atoms with Crippen LogP contribution in [0.5, 0.6) is 0 Å². The Hall–Kier alpha value is -1.00. The van der Waals surface area contributed by atoms with Crippen molar-refractivity contribution in [2.24, 2.45) is 5.92 Å². The van der Waals surface area contributed by atoms with Gasteiger partial charge in [0.05, 0.1) is 6.61 Å². The van der Waals surface area contributed by atoms with Crippen molar-refractivity contribution in [1.29, 1.82) is 0 Å². The normalized spacial score (nSPS) is 18.3. The summed E-state index contributed by atoms with van der Waals surface area (Å²) < 4.78 is 5.49. The van der Waals surface area contributed by atoms with Crippen molar-refractivity contribution < 1.29 is 9.53 Å². The van der Waals surface area contributed by atoms with Crippen molar-refractivity contribution in [3.63, 3.8) is 0 Å². The molecule has 0 amide bonds. The molecule has 0 aliphatic carbocycles. The first-order chi connectivity index (χ1) is 11.6. The topological polar surface area (TPSA) is 38.3 Å². The molecule has 3 nitrogen and oxygen atoms in total. The Morgan fingerprint density at radius 1 is 1.29 bits per heavy atom. The van der Waals surface area contributed by atoms with Gasteiger partial charge in [0.1, 0.15) is 5.54 Å². The number of nitrogens with one attached hydrogen (secondary N) is 1. The molecule has 0 bridgehead atoms. The summed E-state index contributed by atoms with van der Waals surface area (Å²) in [5.74, 6) is 2.45. The van der Waals surface area contributed by atoms with E-state index in [1.807, 2.05) is 24.8 Å². The Morgan fingerprint density at radius 3 is 2.54 bits per heavy atom. The van der Waals surface area contributed by atoms with Crippen LogP contribution < -0.4 is 5.32 Å². The van der Waals surface area contributed by atoms with Gasteiger partial charge in [-0.2, -0.15) is 11.8 Å². The lowest BCUT2D eigenvalue weighted by Crippen LogP contribution is -2.60. The zero-order valence-electron chi connectivity index (χ0n) is 15.2. The Morgan fingerprint density at radius 2 is 1.96 bits per heavy atom. The van der Waals surface area contributed by atoms with E-state index in [-0.39, 0.29) is 11.9 Å².